The van der Waals surface area contributed by atoms with Crippen molar-refractivity contribution in [2.24, 2.45) is 0 Å². The largest absolute Gasteiger partial charge is 0.309 e. The van der Waals surface area contributed by atoms with E-state index in [9.17, 15) is 4.79 Å². The Bertz CT molecular complexity index is 1140. The lowest BCUT2D eigenvalue weighted by molar-refractivity contribution is 0.686. The maximum atomic E-state index is 12.3. The average Bonchev–Trinajstić information content (AvgIpc) is 3.02. The van der Waals surface area contributed by atoms with Crippen LogP contribution in [0.4, 0.5) is 0 Å². The molecule has 4 rings (SSSR count). The molecule has 27 heavy (non-hydrogen) atoms. The summed E-state index contributed by atoms with van der Waals surface area (Å²) in [5.41, 5.74) is 1.77. The summed E-state index contributed by atoms with van der Waals surface area (Å²) in [5.74, 6) is 1.49. The van der Waals surface area contributed by atoms with Crippen LogP contribution >= 0.6 is 11.8 Å². The number of aromatic nitrogens is 5. The highest BCUT2D eigenvalue weighted by atomic mass is 32.2. The molecule has 0 aliphatic heterocycles. The number of hydrogen-bond donors (Lipinski definition) is 1. The van der Waals surface area contributed by atoms with E-state index < -0.39 is 0 Å². The van der Waals surface area contributed by atoms with Crippen LogP contribution in [-0.4, -0.2) is 24.7 Å². The first-order valence-corrected chi connectivity index (χ1v) is 9.59. The number of hydrogen-bond acceptors (Lipinski definition) is 5. The van der Waals surface area contributed by atoms with Gasteiger partial charge in [-0.25, -0.2) is 4.98 Å². The topological polar surface area (TPSA) is 76.5 Å². The Labute approximate surface area is 160 Å². The fourth-order valence-corrected chi connectivity index (χ4v) is 3.86. The average molecular weight is 377 g/mol. The zero-order chi connectivity index (χ0) is 18.8. The van der Waals surface area contributed by atoms with Gasteiger partial charge in [-0.2, -0.15) is 0 Å². The summed E-state index contributed by atoms with van der Waals surface area (Å²) in [6, 6.07) is 17.6. The summed E-state index contributed by atoms with van der Waals surface area (Å²) < 4.78 is 2.08. The Balaban J connectivity index is 1.62. The molecule has 0 aliphatic rings. The number of fused-ring (bicyclic) bond motifs is 1. The smallest absolute Gasteiger partial charge is 0.258 e. The van der Waals surface area contributed by atoms with Crippen molar-refractivity contribution in [3.05, 3.63) is 82.2 Å². The van der Waals surface area contributed by atoms with Crippen molar-refractivity contribution < 1.29 is 0 Å². The Kier molecular flexibility index (Phi) is 4.77. The van der Waals surface area contributed by atoms with E-state index in [0.717, 1.165) is 11.0 Å². The van der Waals surface area contributed by atoms with Gasteiger partial charge in [0.15, 0.2) is 5.16 Å². The third-order valence-corrected chi connectivity index (χ3v) is 5.47. The van der Waals surface area contributed by atoms with Crippen LogP contribution < -0.4 is 5.56 Å². The molecule has 1 atom stereocenters. The molecular weight excluding hydrogens is 358 g/mol. The Morgan fingerprint density at radius 2 is 1.81 bits per heavy atom. The Hall–Kier alpha value is -2.93. The van der Waals surface area contributed by atoms with Crippen LogP contribution in [0.25, 0.3) is 10.9 Å². The summed E-state index contributed by atoms with van der Waals surface area (Å²) in [4.78, 5) is 19.9. The van der Waals surface area contributed by atoms with Gasteiger partial charge in [-0.3, -0.25) is 4.79 Å². The van der Waals surface area contributed by atoms with Crippen molar-refractivity contribution >= 4 is 22.7 Å². The zero-order valence-electron chi connectivity index (χ0n) is 15.1. The van der Waals surface area contributed by atoms with Gasteiger partial charge >= 0.3 is 0 Å². The first kappa shape index (κ1) is 17.5. The molecule has 0 fully saturated rings. The molecule has 0 spiro atoms. The molecule has 136 valence electrons. The minimum atomic E-state index is -0.120. The fourth-order valence-electron chi connectivity index (χ4n) is 2.91. The van der Waals surface area contributed by atoms with Crippen LogP contribution in [0.5, 0.6) is 0 Å². The zero-order valence-corrected chi connectivity index (χ0v) is 15.9. The number of H-pyrrole nitrogens is 1. The number of para-hydroxylation sites is 1. The Morgan fingerprint density at radius 3 is 2.63 bits per heavy atom. The number of aromatic amines is 1. The van der Waals surface area contributed by atoms with Gasteiger partial charge in [-0.1, -0.05) is 54.2 Å². The molecule has 4 aromatic rings. The lowest BCUT2D eigenvalue weighted by Crippen LogP contribution is -2.13. The highest BCUT2D eigenvalue weighted by Gasteiger charge is 2.17. The molecule has 0 saturated carbocycles. The lowest BCUT2D eigenvalue weighted by atomic mass is 10.2. The van der Waals surface area contributed by atoms with Gasteiger partial charge in [0.05, 0.1) is 22.7 Å². The highest BCUT2D eigenvalue weighted by molar-refractivity contribution is 7.99. The second-order valence-corrected chi connectivity index (χ2v) is 7.64. The second kappa shape index (κ2) is 7.36. The molecule has 6 nitrogen and oxygen atoms in total. The number of rotatable bonds is 5. The molecule has 0 amide bonds. The fraction of sp³-hybridized carbons (Fsp3) is 0.200. The minimum Gasteiger partial charge on any atom is -0.309 e. The van der Waals surface area contributed by atoms with E-state index in [-0.39, 0.29) is 10.8 Å². The number of aryl methyl sites for hydroxylation is 1. The number of nitrogens with zero attached hydrogens (tertiary/aromatic N) is 4. The normalized spacial score (nSPS) is 12.4. The number of nitrogens with one attached hydrogen (secondary N) is 1. The van der Waals surface area contributed by atoms with Crippen LogP contribution in [0.2, 0.25) is 0 Å². The van der Waals surface area contributed by atoms with Gasteiger partial charge in [0.2, 0.25) is 0 Å². The van der Waals surface area contributed by atoms with Crippen LogP contribution in [-0.2, 0) is 6.54 Å². The molecule has 1 unspecified atom stereocenters. The van der Waals surface area contributed by atoms with Gasteiger partial charge < -0.3 is 9.55 Å². The monoisotopic (exact) mass is 377 g/mol. The van der Waals surface area contributed by atoms with Gasteiger partial charge in [0.1, 0.15) is 11.6 Å². The van der Waals surface area contributed by atoms with Crippen LogP contribution in [0.3, 0.4) is 0 Å². The van der Waals surface area contributed by atoms with E-state index >= 15 is 0 Å². The van der Waals surface area contributed by atoms with Crippen LogP contribution in [0.1, 0.15) is 29.4 Å². The van der Waals surface area contributed by atoms with E-state index in [1.807, 2.05) is 50.2 Å². The third kappa shape index (κ3) is 3.64. The standard InChI is InChI=1S/C20H19N5OS/c1-13(18-21-17-11-7-6-10-16(17)19(26)22-18)27-20-24-23-14(2)25(20)12-15-8-4-3-5-9-15/h3-11,13H,12H2,1-2H3,(H,21,22,26). The first-order valence-electron chi connectivity index (χ1n) is 8.71. The molecule has 0 bridgehead atoms. The summed E-state index contributed by atoms with van der Waals surface area (Å²) in [6.07, 6.45) is 0. The van der Waals surface area contributed by atoms with Crippen molar-refractivity contribution in [1.82, 2.24) is 24.7 Å². The van der Waals surface area contributed by atoms with Crippen molar-refractivity contribution in [2.75, 3.05) is 0 Å². The van der Waals surface area contributed by atoms with Gasteiger partial charge in [-0.05, 0) is 31.5 Å². The third-order valence-electron chi connectivity index (χ3n) is 4.38. The summed E-state index contributed by atoms with van der Waals surface area (Å²) >= 11 is 1.54. The van der Waals surface area contributed by atoms with Crippen molar-refractivity contribution in [3.63, 3.8) is 0 Å². The van der Waals surface area contributed by atoms with E-state index in [1.165, 1.54) is 17.3 Å². The lowest BCUT2D eigenvalue weighted by Gasteiger charge is -2.13. The van der Waals surface area contributed by atoms with E-state index in [1.54, 1.807) is 6.07 Å². The molecule has 2 heterocycles. The summed E-state index contributed by atoms with van der Waals surface area (Å²) in [7, 11) is 0. The van der Waals surface area contributed by atoms with Crippen LogP contribution in [0, 0.1) is 6.92 Å². The number of thioether (sulfide) groups is 1. The number of benzene rings is 2. The van der Waals surface area contributed by atoms with E-state index in [0.29, 0.717) is 23.3 Å². The molecule has 0 saturated heterocycles. The van der Waals surface area contributed by atoms with E-state index in [4.69, 9.17) is 0 Å². The second-order valence-electron chi connectivity index (χ2n) is 6.33. The molecule has 7 heteroatoms. The van der Waals surface area contributed by atoms with Gasteiger partial charge in [0.25, 0.3) is 5.56 Å². The highest BCUT2D eigenvalue weighted by Crippen LogP contribution is 2.32. The molecular formula is C20H19N5OS. The maximum Gasteiger partial charge on any atom is 0.258 e. The quantitative estimate of drug-likeness (QED) is 0.536. The molecule has 1 N–H and O–H groups in total. The molecule has 0 aliphatic carbocycles. The Morgan fingerprint density at radius 1 is 1.07 bits per heavy atom. The van der Waals surface area contributed by atoms with E-state index in [2.05, 4.69) is 36.9 Å². The van der Waals surface area contributed by atoms with Crippen LogP contribution in [0.15, 0.2) is 64.5 Å². The molecule has 0 radical (unpaired) electrons. The molecule has 2 aromatic carbocycles. The SMILES string of the molecule is Cc1nnc(SC(C)c2nc3ccccc3c(=O)[nH]2)n1Cc1ccccc1. The summed E-state index contributed by atoms with van der Waals surface area (Å²) in [6.45, 7) is 4.66. The predicted octanol–water partition coefficient (Wildman–Crippen LogP) is 3.72. The minimum absolute atomic E-state index is 0.0690. The van der Waals surface area contributed by atoms with Gasteiger partial charge in [-0.15, -0.1) is 10.2 Å². The van der Waals surface area contributed by atoms with Gasteiger partial charge in [0, 0.05) is 0 Å². The van der Waals surface area contributed by atoms with Crippen molar-refractivity contribution in [1.29, 1.82) is 0 Å². The first-order chi connectivity index (χ1) is 13.1. The summed E-state index contributed by atoms with van der Waals surface area (Å²) in [5, 5.41) is 9.88. The predicted molar refractivity (Wildman–Crippen MR) is 107 cm³/mol. The molecule has 2 aromatic heterocycles. The van der Waals surface area contributed by atoms with Crippen molar-refractivity contribution in [3.8, 4) is 0 Å². The van der Waals surface area contributed by atoms with Crippen molar-refractivity contribution in [2.45, 2.75) is 30.8 Å². The maximum absolute atomic E-state index is 12.3.